The molecule has 1 atom stereocenters. The van der Waals surface area contributed by atoms with Crippen LogP contribution in [0.15, 0.2) is 97.1 Å². The van der Waals surface area contributed by atoms with E-state index in [-0.39, 0.29) is 5.92 Å². The number of benzene rings is 3. The molecule has 160 valence electrons. The number of nitrogens with zero attached hydrogens (tertiary/aromatic N) is 5. The van der Waals surface area contributed by atoms with Gasteiger partial charge in [0, 0.05) is 23.4 Å². The number of nitrogens with one attached hydrogen (secondary N) is 2. The molecule has 0 fully saturated rings. The predicted molar refractivity (Wildman–Crippen MR) is 129 cm³/mol. The Morgan fingerprint density at radius 1 is 0.818 bits per heavy atom. The molecule has 3 heterocycles. The summed E-state index contributed by atoms with van der Waals surface area (Å²) in [4.78, 5) is 3.68. The van der Waals surface area contributed by atoms with E-state index in [1.165, 1.54) is 21.1 Å². The lowest BCUT2D eigenvalue weighted by molar-refractivity contribution is 0.731. The van der Waals surface area contributed by atoms with Gasteiger partial charge in [0.25, 0.3) is 0 Å². The second kappa shape index (κ2) is 8.20. The summed E-state index contributed by atoms with van der Waals surface area (Å²) in [5.41, 5.74) is 6.53. The van der Waals surface area contributed by atoms with Crippen molar-refractivity contribution in [2.45, 2.75) is 5.92 Å². The minimum absolute atomic E-state index is 0.0870. The fraction of sp³-hybridized carbons (Fsp3) is 0.0769. The highest BCUT2D eigenvalue weighted by molar-refractivity contribution is 5.92. The molecule has 3 aromatic heterocycles. The van der Waals surface area contributed by atoms with E-state index in [4.69, 9.17) is 0 Å². The van der Waals surface area contributed by atoms with Crippen LogP contribution in [-0.4, -0.2) is 36.8 Å². The Morgan fingerprint density at radius 2 is 1.58 bits per heavy atom. The van der Waals surface area contributed by atoms with Gasteiger partial charge in [-0.3, -0.25) is 0 Å². The van der Waals surface area contributed by atoms with Gasteiger partial charge in [0.1, 0.15) is 5.82 Å². The van der Waals surface area contributed by atoms with E-state index < -0.39 is 0 Å². The van der Waals surface area contributed by atoms with E-state index in [1.807, 2.05) is 18.2 Å². The van der Waals surface area contributed by atoms with E-state index in [0.29, 0.717) is 12.2 Å². The van der Waals surface area contributed by atoms with Gasteiger partial charge in [0.15, 0.2) is 5.65 Å². The fourth-order valence-corrected chi connectivity index (χ4v) is 4.38. The van der Waals surface area contributed by atoms with Gasteiger partial charge in [-0.05, 0) is 45.3 Å². The third-order valence-corrected chi connectivity index (χ3v) is 5.92. The number of aromatic nitrogens is 6. The molecule has 6 aromatic rings. The second-order valence-corrected chi connectivity index (χ2v) is 7.91. The minimum atomic E-state index is 0.0870. The molecule has 0 aliphatic carbocycles. The first-order chi connectivity index (χ1) is 16.4. The van der Waals surface area contributed by atoms with E-state index >= 15 is 0 Å². The average molecular weight is 432 g/mol. The number of rotatable bonds is 6. The van der Waals surface area contributed by atoms with Crippen molar-refractivity contribution in [3.05, 3.63) is 108 Å². The highest BCUT2D eigenvalue weighted by atomic mass is 15.6. The highest BCUT2D eigenvalue weighted by Crippen LogP contribution is 2.38. The van der Waals surface area contributed by atoms with Crippen LogP contribution in [0.1, 0.15) is 17.0 Å². The first-order valence-electron chi connectivity index (χ1n) is 10.9. The van der Waals surface area contributed by atoms with Crippen LogP contribution in [0, 0.1) is 0 Å². The first-order valence-corrected chi connectivity index (χ1v) is 10.9. The molecule has 1 unspecified atom stereocenters. The summed E-state index contributed by atoms with van der Waals surface area (Å²) in [6.45, 7) is 0.659. The summed E-state index contributed by atoms with van der Waals surface area (Å²) in [7, 11) is 0. The molecule has 0 aliphatic heterocycles. The topological polar surface area (TPSA) is 83.8 Å². The van der Waals surface area contributed by atoms with E-state index in [2.05, 4.69) is 110 Å². The van der Waals surface area contributed by atoms with Gasteiger partial charge in [-0.15, -0.1) is 14.8 Å². The van der Waals surface area contributed by atoms with Crippen LogP contribution >= 0.6 is 0 Å². The SMILES string of the molecule is c1ccc(-c2[nH]c3ccccc3c2C(CNc2ccc3nnnn3n2)c2ccccc2)cc1. The van der Waals surface area contributed by atoms with Crippen molar-refractivity contribution in [3.63, 3.8) is 0 Å². The summed E-state index contributed by atoms with van der Waals surface area (Å²) in [5.74, 6) is 0.806. The molecule has 33 heavy (non-hydrogen) atoms. The zero-order valence-corrected chi connectivity index (χ0v) is 17.8. The molecule has 0 saturated heterocycles. The number of hydrogen-bond donors (Lipinski definition) is 2. The van der Waals surface area contributed by atoms with Gasteiger partial charge in [-0.25, -0.2) is 0 Å². The van der Waals surface area contributed by atoms with Crippen molar-refractivity contribution in [1.29, 1.82) is 0 Å². The number of tetrazole rings is 1. The smallest absolute Gasteiger partial charge is 0.200 e. The van der Waals surface area contributed by atoms with E-state index in [0.717, 1.165) is 22.6 Å². The fourth-order valence-electron chi connectivity index (χ4n) is 4.38. The molecular weight excluding hydrogens is 410 g/mol. The lowest BCUT2D eigenvalue weighted by Crippen LogP contribution is -2.16. The van der Waals surface area contributed by atoms with Crippen molar-refractivity contribution in [2.24, 2.45) is 0 Å². The highest BCUT2D eigenvalue weighted by Gasteiger charge is 2.23. The van der Waals surface area contributed by atoms with Crippen LogP contribution in [0.3, 0.4) is 0 Å². The third-order valence-electron chi connectivity index (χ3n) is 5.92. The van der Waals surface area contributed by atoms with Crippen LogP contribution in [0.25, 0.3) is 27.8 Å². The summed E-state index contributed by atoms with van der Waals surface area (Å²) in [5, 5.41) is 20.7. The van der Waals surface area contributed by atoms with Crippen molar-refractivity contribution < 1.29 is 0 Å². The molecule has 0 bridgehead atoms. The molecular formula is C26H21N7. The van der Waals surface area contributed by atoms with Crippen molar-refractivity contribution in [1.82, 2.24) is 30.2 Å². The van der Waals surface area contributed by atoms with Crippen LogP contribution in [0.5, 0.6) is 0 Å². The molecule has 0 spiro atoms. The number of hydrogen-bond acceptors (Lipinski definition) is 5. The maximum atomic E-state index is 4.49. The number of para-hydroxylation sites is 1. The summed E-state index contributed by atoms with van der Waals surface area (Å²) in [6, 6.07) is 33.3. The van der Waals surface area contributed by atoms with Crippen molar-refractivity contribution >= 4 is 22.4 Å². The Morgan fingerprint density at radius 3 is 2.42 bits per heavy atom. The molecule has 3 aromatic carbocycles. The van der Waals surface area contributed by atoms with Crippen LogP contribution in [-0.2, 0) is 0 Å². The Labute approximate surface area is 190 Å². The molecule has 0 saturated carbocycles. The number of fused-ring (bicyclic) bond motifs is 2. The first kappa shape index (κ1) is 19.2. The van der Waals surface area contributed by atoms with Crippen LogP contribution < -0.4 is 5.32 Å². The Kier molecular flexibility index (Phi) is 4.77. The van der Waals surface area contributed by atoms with Gasteiger partial charge in [0.2, 0.25) is 0 Å². The van der Waals surface area contributed by atoms with Crippen molar-refractivity contribution in [3.8, 4) is 11.3 Å². The summed E-state index contributed by atoms with van der Waals surface area (Å²) in [6.07, 6.45) is 0. The minimum Gasteiger partial charge on any atom is -0.368 e. The lowest BCUT2D eigenvalue weighted by atomic mass is 9.87. The molecule has 2 N–H and O–H groups in total. The molecule has 0 aliphatic rings. The maximum Gasteiger partial charge on any atom is 0.200 e. The van der Waals surface area contributed by atoms with E-state index in [1.54, 1.807) is 0 Å². The standard InChI is InChI=1S/C26H21N7/c1-3-9-18(10-4-1)21(17-27-23-15-16-24-29-31-32-33(24)30-23)25-20-13-7-8-14-22(20)28-26(25)19-11-5-2-6-12-19/h1-16,21,28H,17H2,(H,27,30). The maximum absolute atomic E-state index is 4.49. The number of aromatic amines is 1. The quantitative estimate of drug-likeness (QED) is 0.391. The van der Waals surface area contributed by atoms with Crippen LogP contribution in [0.4, 0.5) is 5.82 Å². The Balaban J connectivity index is 1.47. The Bertz CT molecular complexity index is 1520. The van der Waals surface area contributed by atoms with Gasteiger partial charge < -0.3 is 10.3 Å². The van der Waals surface area contributed by atoms with E-state index in [9.17, 15) is 0 Å². The molecule has 7 heteroatoms. The summed E-state index contributed by atoms with van der Waals surface area (Å²) >= 11 is 0. The number of anilines is 1. The average Bonchev–Trinajstić information content (AvgIpc) is 3.50. The second-order valence-electron chi connectivity index (χ2n) is 7.91. The number of H-pyrrole nitrogens is 1. The third kappa shape index (κ3) is 3.59. The zero-order valence-electron chi connectivity index (χ0n) is 17.8. The largest absolute Gasteiger partial charge is 0.368 e. The van der Waals surface area contributed by atoms with Gasteiger partial charge in [0.05, 0.1) is 5.69 Å². The zero-order chi connectivity index (χ0) is 22.0. The van der Waals surface area contributed by atoms with Crippen molar-refractivity contribution in [2.75, 3.05) is 11.9 Å². The molecule has 0 amide bonds. The normalized spacial score (nSPS) is 12.2. The molecule has 6 rings (SSSR count). The summed E-state index contributed by atoms with van der Waals surface area (Å²) < 4.78 is 1.43. The molecule has 0 radical (unpaired) electrons. The van der Waals surface area contributed by atoms with Crippen LogP contribution in [0.2, 0.25) is 0 Å². The monoisotopic (exact) mass is 431 g/mol. The molecule has 7 nitrogen and oxygen atoms in total. The Hall–Kier alpha value is -4.52. The van der Waals surface area contributed by atoms with Gasteiger partial charge in [-0.2, -0.15) is 0 Å². The van der Waals surface area contributed by atoms with Gasteiger partial charge in [-0.1, -0.05) is 78.9 Å². The predicted octanol–water partition coefficient (Wildman–Crippen LogP) is 4.91. The van der Waals surface area contributed by atoms with Gasteiger partial charge >= 0.3 is 0 Å². The lowest BCUT2D eigenvalue weighted by Gasteiger charge is -2.20.